The quantitative estimate of drug-likeness (QED) is 0.910. The molecule has 0 saturated heterocycles. The summed E-state index contributed by atoms with van der Waals surface area (Å²) < 4.78 is 23.7. The number of halogens is 2. The van der Waals surface area contributed by atoms with E-state index in [9.17, 15) is 9.50 Å². The first-order valence-corrected chi connectivity index (χ1v) is 6.34. The summed E-state index contributed by atoms with van der Waals surface area (Å²) in [5.74, 6) is 0.158. The Bertz CT molecular complexity index is 562. The normalized spacial score (nSPS) is 12.6. The highest BCUT2D eigenvalue weighted by atomic mass is 79.9. The van der Waals surface area contributed by atoms with E-state index in [1.165, 1.54) is 19.2 Å². The van der Waals surface area contributed by atoms with Gasteiger partial charge in [-0.05, 0) is 18.2 Å². The van der Waals surface area contributed by atoms with E-state index in [2.05, 4.69) is 26.1 Å². The highest BCUT2D eigenvalue weighted by Gasteiger charge is 2.15. The van der Waals surface area contributed by atoms with Crippen LogP contribution in [0.2, 0.25) is 0 Å². The molecular weight excluding hydrogens is 319 g/mol. The lowest BCUT2D eigenvalue weighted by Gasteiger charge is -2.04. The number of ether oxygens (including phenoxy) is 1. The molecular formula is C12H12BrFN2O3. The Balaban J connectivity index is 2.18. The summed E-state index contributed by atoms with van der Waals surface area (Å²) in [7, 11) is 1.49. The van der Waals surface area contributed by atoms with Crippen molar-refractivity contribution in [2.24, 2.45) is 0 Å². The van der Waals surface area contributed by atoms with Crippen LogP contribution in [0.5, 0.6) is 0 Å². The maximum atomic E-state index is 13.2. The number of hydrogen-bond donors (Lipinski definition) is 1. The van der Waals surface area contributed by atoms with Crippen molar-refractivity contribution in [2.45, 2.75) is 12.5 Å². The Kier molecular flexibility index (Phi) is 4.62. The number of methoxy groups -OCH3 is 1. The van der Waals surface area contributed by atoms with Gasteiger partial charge in [-0.1, -0.05) is 21.1 Å². The maximum Gasteiger partial charge on any atom is 0.229 e. The fourth-order valence-corrected chi connectivity index (χ4v) is 1.99. The van der Waals surface area contributed by atoms with Crippen LogP contribution in [0.1, 0.15) is 5.89 Å². The SMILES string of the molecule is COCC(O)Cc1nc(-c2cc(F)ccc2Br)no1. The molecule has 1 unspecified atom stereocenters. The van der Waals surface area contributed by atoms with Crippen molar-refractivity contribution in [1.82, 2.24) is 10.1 Å². The molecule has 0 spiro atoms. The first-order valence-electron chi connectivity index (χ1n) is 5.55. The van der Waals surface area contributed by atoms with Crippen LogP contribution in [-0.4, -0.2) is 35.1 Å². The molecule has 1 atom stereocenters. The van der Waals surface area contributed by atoms with E-state index >= 15 is 0 Å². The van der Waals surface area contributed by atoms with E-state index in [-0.39, 0.29) is 30.6 Å². The summed E-state index contributed by atoms with van der Waals surface area (Å²) >= 11 is 3.29. The van der Waals surface area contributed by atoms with E-state index in [1.54, 1.807) is 6.07 Å². The van der Waals surface area contributed by atoms with Gasteiger partial charge in [0.05, 0.1) is 19.1 Å². The standard InChI is InChI=1S/C12H12BrFN2O3/c1-18-6-8(17)5-11-15-12(16-19-11)9-4-7(14)2-3-10(9)13/h2-4,8,17H,5-6H2,1H3. The fraction of sp³-hybridized carbons (Fsp3) is 0.333. The minimum atomic E-state index is -0.714. The van der Waals surface area contributed by atoms with Crippen molar-refractivity contribution < 1.29 is 18.8 Å². The van der Waals surface area contributed by atoms with E-state index in [1.807, 2.05) is 0 Å². The Labute approximate surface area is 117 Å². The van der Waals surface area contributed by atoms with Crippen LogP contribution < -0.4 is 0 Å². The van der Waals surface area contributed by atoms with Crippen molar-refractivity contribution in [1.29, 1.82) is 0 Å². The van der Waals surface area contributed by atoms with Crippen LogP contribution in [-0.2, 0) is 11.2 Å². The maximum absolute atomic E-state index is 13.2. The zero-order chi connectivity index (χ0) is 13.8. The van der Waals surface area contributed by atoms with E-state index in [0.29, 0.717) is 10.0 Å². The van der Waals surface area contributed by atoms with Gasteiger partial charge in [-0.25, -0.2) is 4.39 Å². The first kappa shape index (κ1) is 14.1. The summed E-state index contributed by atoms with van der Waals surface area (Å²) in [6.45, 7) is 0.182. The summed E-state index contributed by atoms with van der Waals surface area (Å²) in [5.41, 5.74) is 0.497. The molecule has 0 fully saturated rings. The summed E-state index contributed by atoms with van der Waals surface area (Å²) in [6, 6.07) is 4.21. The third-order valence-corrected chi connectivity index (χ3v) is 3.10. The van der Waals surface area contributed by atoms with Gasteiger partial charge in [-0.15, -0.1) is 0 Å². The Morgan fingerprint density at radius 1 is 1.53 bits per heavy atom. The number of aliphatic hydroxyl groups excluding tert-OH is 1. The molecule has 0 saturated carbocycles. The number of aromatic nitrogens is 2. The van der Waals surface area contributed by atoms with Crippen molar-refractivity contribution in [3.05, 3.63) is 34.4 Å². The molecule has 0 aliphatic carbocycles. The number of benzene rings is 1. The third-order valence-electron chi connectivity index (χ3n) is 2.41. The highest BCUT2D eigenvalue weighted by molar-refractivity contribution is 9.10. The summed E-state index contributed by atoms with van der Waals surface area (Å²) in [5, 5.41) is 13.3. The summed E-state index contributed by atoms with van der Waals surface area (Å²) in [6.07, 6.45) is -0.525. The van der Waals surface area contributed by atoms with Crippen molar-refractivity contribution in [3.63, 3.8) is 0 Å². The number of nitrogens with zero attached hydrogens (tertiary/aromatic N) is 2. The zero-order valence-corrected chi connectivity index (χ0v) is 11.7. The molecule has 19 heavy (non-hydrogen) atoms. The lowest BCUT2D eigenvalue weighted by Crippen LogP contribution is -2.17. The zero-order valence-electron chi connectivity index (χ0n) is 10.1. The Morgan fingerprint density at radius 3 is 3.05 bits per heavy atom. The van der Waals surface area contributed by atoms with Gasteiger partial charge >= 0.3 is 0 Å². The fourth-order valence-electron chi connectivity index (χ4n) is 1.57. The van der Waals surface area contributed by atoms with Gasteiger partial charge in [0.1, 0.15) is 5.82 Å². The van der Waals surface area contributed by atoms with Crippen LogP contribution >= 0.6 is 15.9 Å². The molecule has 1 aromatic heterocycles. The van der Waals surface area contributed by atoms with Crippen molar-refractivity contribution in [3.8, 4) is 11.4 Å². The molecule has 2 rings (SSSR count). The van der Waals surface area contributed by atoms with E-state index in [0.717, 1.165) is 0 Å². The van der Waals surface area contributed by atoms with Gasteiger partial charge in [0.25, 0.3) is 0 Å². The van der Waals surface area contributed by atoms with Gasteiger partial charge in [-0.2, -0.15) is 4.98 Å². The molecule has 0 aliphatic heterocycles. The largest absolute Gasteiger partial charge is 0.390 e. The van der Waals surface area contributed by atoms with Gasteiger partial charge in [-0.3, -0.25) is 0 Å². The van der Waals surface area contributed by atoms with Gasteiger partial charge in [0.15, 0.2) is 0 Å². The lowest BCUT2D eigenvalue weighted by atomic mass is 10.2. The third kappa shape index (κ3) is 3.59. The molecule has 1 heterocycles. The van der Waals surface area contributed by atoms with E-state index < -0.39 is 6.10 Å². The van der Waals surface area contributed by atoms with Crippen LogP contribution in [0, 0.1) is 5.82 Å². The van der Waals surface area contributed by atoms with Crippen LogP contribution in [0.4, 0.5) is 4.39 Å². The van der Waals surface area contributed by atoms with Crippen LogP contribution in [0.3, 0.4) is 0 Å². The predicted octanol–water partition coefficient (Wildman–Crippen LogP) is 2.19. The Hall–Kier alpha value is -1.31. The minimum Gasteiger partial charge on any atom is -0.390 e. The molecule has 1 N–H and O–H groups in total. The van der Waals surface area contributed by atoms with Crippen LogP contribution in [0.15, 0.2) is 27.2 Å². The van der Waals surface area contributed by atoms with E-state index in [4.69, 9.17) is 9.26 Å². The number of aliphatic hydroxyl groups is 1. The number of hydrogen-bond acceptors (Lipinski definition) is 5. The molecule has 0 aliphatic rings. The van der Waals surface area contributed by atoms with Crippen molar-refractivity contribution in [2.75, 3.05) is 13.7 Å². The molecule has 0 amide bonds. The molecule has 0 radical (unpaired) electrons. The molecule has 102 valence electrons. The van der Waals surface area contributed by atoms with Gasteiger partial charge in [0, 0.05) is 17.1 Å². The molecule has 1 aromatic carbocycles. The minimum absolute atomic E-state index is 0.182. The average molecular weight is 331 g/mol. The first-order chi connectivity index (χ1) is 9.10. The highest BCUT2D eigenvalue weighted by Crippen LogP contribution is 2.26. The molecule has 0 bridgehead atoms. The second-order valence-corrected chi connectivity index (χ2v) is 4.80. The average Bonchev–Trinajstić information content (AvgIpc) is 2.81. The lowest BCUT2D eigenvalue weighted by molar-refractivity contribution is 0.0599. The molecule has 5 nitrogen and oxygen atoms in total. The van der Waals surface area contributed by atoms with Crippen molar-refractivity contribution >= 4 is 15.9 Å². The molecule has 2 aromatic rings. The second kappa shape index (κ2) is 6.23. The predicted molar refractivity (Wildman–Crippen MR) is 69.0 cm³/mol. The Morgan fingerprint density at radius 2 is 2.32 bits per heavy atom. The summed E-state index contributed by atoms with van der Waals surface area (Å²) in [4.78, 5) is 4.11. The topological polar surface area (TPSA) is 68.4 Å². The van der Waals surface area contributed by atoms with Crippen LogP contribution in [0.25, 0.3) is 11.4 Å². The monoisotopic (exact) mass is 330 g/mol. The molecule has 7 heteroatoms. The van der Waals surface area contributed by atoms with Gasteiger partial charge in [0.2, 0.25) is 11.7 Å². The van der Waals surface area contributed by atoms with Gasteiger partial charge < -0.3 is 14.4 Å². The smallest absolute Gasteiger partial charge is 0.229 e. The second-order valence-electron chi connectivity index (χ2n) is 3.95. The number of rotatable bonds is 5.